The van der Waals surface area contributed by atoms with E-state index in [1.807, 2.05) is 30.5 Å². The SMILES string of the molecule is COc1ccc(OCc2nc(C)cs2)c(CBr)c1. The monoisotopic (exact) mass is 327 g/mol. The maximum Gasteiger partial charge on any atom is 0.140 e. The van der Waals surface area contributed by atoms with Gasteiger partial charge in [0.25, 0.3) is 0 Å². The summed E-state index contributed by atoms with van der Waals surface area (Å²) in [6.07, 6.45) is 0. The molecule has 0 amide bonds. The highest BCUT2D eigenvalue weighted by Gasteiger charge is 2.06. The van der Waals surface area contributed by atoms with Crippen molar-refractivity contribution in [3.8, 4) is 11.5 Å². The molecule has 96 valence electrons. The van der Waals surface area contributed by atoms with Crippen LogP contribution in [0, 0.1) is 6.92 Å². The van der Waals surface area contributed by atoms with Crippen LogP contribution in [-0.2, 0) is 11.9 Å². The Kier molecular flexibility index (Phi) is 4.60. The van der Waals surface area contributed by atoms with E-state index in [9.17, 15) is 0 Å². The average Bonchev–Trinajstić information content (AvgIpc) is 2.82. The summed E-state index contributed by atoms with van der Waals surface area (Å²) in [7, 11) is 1.66. The highest BCUT2D eigenvalue weighted by atomic mass is 79.9. The van der Waals surface area contributed by atoms with Gasteiger partial charge in [-0.05, 0) is 25.1 Å². The normalized spacial score (nSPS) is 10.4. The lowest BCUT2D eigenvalue weighted by Gasteiger charge is -2.10. The van der Waals surface area contributed by atoms with E-state index in [0.717, 1.165) is 33.1 Å². The predicted octanol–water partition coefficient (Wildman–Crippen LogP) is 3.93. The number of aromatic nitrogens is 1. The number of nitrogens with zero attached hydrogens (tertiary/aromatic N) is 1. The third-order valence-electron chi connectivity index (χ3n) is 2.43. The van der Waals surface area contributed by atoms with Crippen LogP contribution in [0.2, 0.25) is 0 Å². The quantitative estimate of drug-likeness (QED) is 0.779. The molecule has 2 rings (SSSR count). The standard InChI is InChI=1S/C13H14BrNO2S/c1-9-8-18-13(15-9)7-17-12-4-3-11(16-2)5-10(12)6-14/h3-5,8H,6-7H2,1-2H3. The van der Waals surface area contributed by atoms with Gasteiger partial charge in [-0.15, -0.1) is 11.3 Å². The Morgan fingerprint density at radius 1 is 1.39 bits per heavy atom. The third kappa shape index (κ3) is 3.23. The molecule has 1 aromatic carbocycles. The summed E-state index contributed by atoms with van der Waals surface area (Å²) >= 11 is 5.07. The van der Waals surface area contributed by atoms with E-state index in [2.05, 4.69) is 20.9 Å². The van der Waals surface area contributed by atoms with Crippen LogP contribution in [0.4, 0.5) is 0 Å². The van der Waals surface area contributed by atoms with Gasteiger partial charge in [-0.3, -0.25) is 0 Å². The van der Waals surface area contributed by atoms with Crippen molar-refractivity contribution in [3.05, 3.63) is 39.8 Å². The van der Waals surface area contributed by atoms with Gasteiger partial charge >= 0.3 is 0 Å². The largest absolute Gasteiger partial charge is 0.497 e. The fraction of sp³-hybridized carbons (Fsp3) is 0.308. The molecule has 3 nitrogen and oxygen atoms in total. The minimum atomic E-state index is 0.505. The number of hydrogen-bond donors (Lipinski definition) is 0. The van der Waals surface area contributed by atoms with Crippen molar-refractivity contribution < 1.29 is 9.47 Å². The Balaban J connectivity index is 2.08. The summed E-state index contributed by atoms with van der Waals surface area (Å²) in [5.41, 5.74) is 2.11. The van der Waals surface area contributed by atoms with Gasteiger partial charge < -0.3 is 9.47 Å². The van der Waals surface area contributed by atoms with Crippen molar-refractivity contribution in [2.75, 3.05) is 7.11 Å². The molecule has 0 aliphatic rings. The van der Waals surface area contributed by atoms with Crippen molar-refractivity contribution in [1.82, 2.24) is 4.98 Å². The number of methoxy groups -OCH3 is 1. The zero-order valence-electron chi connectivity index (χ0n) is 10.3. The fourth-order valence-electron chi connectivity index (χ4n) is 1.54. The van der Waals surface area contributed by atoms with E-state index in [4.69, 9.17) is 9.47 Å². The van der Waals surface area contributed by atoms with Gasteiger partial charge in [0.2, 0.25) is 0 Å². The van der Waals surface area contributed by atoms with Crippen LogP contribution in [0.3, 0.4) is 0 Å². The number of ether oxygens (including phenoxy) is 2. The maximum absolute atomic E-state index is 5.79. The summed E-state index contributed by atoms with van der Waals surface area (Å²) in [5, 5.41) is 3.75. The lowest BCUT2D eigenvalue weighted by atomic mass is 10.2. The Morgan fingerprint density at radius 2 is 2.22 bits per heavy atom. The zero-order chi connectivity index (χ0) is 13.0. The zero-order valence-corrected chi connectivity index (χ0v) is 12.7. The minimum Gasteiger partial charge on any atom is -0.497 e. The Morgan fingerprint density at radius 3 is 2.83 bits per heavy atom. The molecule has 0 spiro atoms. The molecule has 5 heteroatoms. The summed E-state index contributed by atoms with van der Waals surface area (Å²) in [6.45, 7) is 2.49. The molecule has 0 atom stereocenters. The summed E-state index contributed by atoms with van der Waals surface area (Å²) in [5.74, 6) is 1.70. The highest BCUT2D eigenvalue weighted by molar-refractivity contribution is 9.08. The van der Waals surface area contributed by atoms with E-state index < -0.39 is 0 Å². The second kappa shape index (κ2) is 6.20. The van der Waals surface area contributed by atoms with Crippen LogP contribution in [0.5, 0.6) is 11.5 Å². The molecule has 1 heterocycles. The molecule has 1 aromatic heterocycles. The lowest BCUT2D eigenvalue weighted by Crippen LogP contribution is -1.98. The van der Waals surface area contributed by atoms with Crippen LogP contribution in [0.15, 0.2) is 23.6 Å². The van der Waals surface area contributed by atoms with Gasteiger partial charge in [0.05, 0.1) is 7.11 Å². The van der Waals surface area contributed by atoms with E-state index >= 15 is 0 Å². The number of rotatable bonds is 5. The summed E-state index contributed by atoms with van der Waals surface area (Å²) in [4.78, 5) is 4.37. The molecule has 0 aliphatic carbocycles. The first kappa shape index (κ1) is 13.4. The molecular formula is C13H14BrNO2S. The van der Waals surface area contributed by atoms with Crippen molar-refractivity contribution in [1.29, 1.82) is 0 Å². The predicted molar refractivity (Wildman–Crippen MR) is 76.8 cm³/mol. The number of benzene rings is 1. The second-order valence-corrected chi connectivity index (χ2v) is 5.28. The van der Waals surface area contributed by atoms with Gasteiger partial charge in [0.1, 0.15) is 23.1 Å². The van der Waals surface area contributed by atoms with Gasteiger partial charge in [-0.2, -0.15) is 0 Å². The Labute approximate surface area is 119 Å². The minimum absolute atomic E-state index is 0.505. The first-order chi connectivity index (χ1) is 8.72. The third-order valence-corrected chi connectivity index (χ3v) is 3.97. The molecule has 0 fully saturated rings. The van der Waals surface area contributed by atoms with Crippen molar-refractivity contribution >= 4 is 27.3 Å². The maximum atomic E-state index is 5.79. The first-order valence-electron chi connectivity index (χ1n) is 5.49. The smallest absolute Gasteiger partial charge is 0.140 e. The number of thiazole rings is 1. The molecule has 18 heavy (non-hydrogen) atoms. The Hall–Kier alpha value is -1.07. The number of halogens is 1. The molecule has 0 saturated carbocycles. The van der Waals surface area contributed by atoms with E-state index in [1.54, 1.807) is 18.4 Å². The number of alkyl halides is 1. The molecule has 0 saturated heterocycles. The number of hydrogen-bond acceptors (Lipinski definition) is 4. The van der Waals surface area contributed by atoms with Gasteiger partial charge in [0, 0.05) is 22.0 Å². The molecule has 2 aromatic rings. The lowest BCUT2D eigenvalue weighted by molar-refractivity contribution is 0.302. The summed E-state index contributed by atoms with van der Waals surface area (Å²) in [6, 6.07) is 5.79. The van der Waals surface area contributed by atoms with E-state index in [-0.39, 0.29) is 0 Å². The Bertz CT molecular complexity index is 527. The number of aryl methyl sites for hydroxylation is 1. The first-order valence-corrected chi connectivity index (χ1v) is 7.49. The van der Waals surface area contributed by atoms with Gasteiger partial charge in [0.15, 0.2) is 0 Å². The van der Waals surface area contributed by atoms with Crippen LogP contribution in [0.1, 0.15) is 16.3 Å². The highest BCUT2D eigenvalue weighted by Crippen LogP contribution is 2.27. The van der Waals surface area contributed by atoms with Crippen molar-refractivity contribution in [3.63, 3.8) is 0 Å². The molecule has 0 N–H and O–H groups in total. The average molecular weight is 328 g/mol. The topological polar surface area (TPSA) is 31.4 Å². The van der Waals surface area contributed by atoms with Crippen LogP contribution in [-0.4, -0.2) is 12.1 Å². The second-order valence-electron chi connectivity index (χ2n) is 3.78. The molecule has 0 aliphatic heterocycles. The van der Waals surface area contributed by atoms with Crippen molar-refractivity contribution in [2.45, 2.75) is 18.9 Å². The van der Waals surface area contributed by atoms with Gasteiger partial charge in [-0.25, -0.2) is 4.98 Å². The van der Waals surface area contributed by atoms with Gasteiger partial charge in [-0.1, -0.05) is 15.9 Å². The van der Waals surface area contributed by atoms with Crippen LogP contribution < -0.4 is 9.47 Å². The van der Waals surface area contributed by atoms with E-state index in [0.29, 0.717) is 6.61 Å². The fourth-order valence-corrected chi connectivity index (χ4v) is 2.66. The summed E-state index contributed by atoms with van der Waals surface area (Å²) < 4.78 is 11.0. The van der Waals surface area contributed by atoms with Crippen LogP contribution in [0.25, 0.3) is 0 Å². The van der Waals surface area contributed by atoms with Crippen molar-refractivity contribution in [2.24, 2.45) is 0 Å². The van der Waals surface area contributed by atoms with E-state index in [1.165, 1.54) is 0 Å². The molecule has 0 unspecified atom stereocenters. The molecular weight excluding hydrogens is 314 g/mol. The molecule has 0 bridgehead atoms. The van der Waals surface area contributed by atoms with Crippen LogP contribution >= 0.6 is 27.3 Å². The molecule has 0 radical (unpaired) electrons.